The zero-order chi connectivity index (χ0) is 14.8. The Morgan fingerprint density at radius 1 is 1.10 bits per heavy atom. The van der Waals surface area contributed by atoms with Gasteiger partial charge in [-0.15, -0.1) is 0 Å². The first-order chi connectivity index (χ1) is 10.2. The second-order valence-corrected chi connectivity index (χ2v) is 4.73. The van der Waals surface area contributed by atoms with Crippen molar-refractivity contribution in [2.45, 2.75) is 6.42 Å². The Bertz CT molecular complexity index is 688. The lowest BCUT2D eigenvalue weighted by Gasteiger charge is -2.22. The highest BCUT2D eigenvalue weighted by atomic mass is 19.2. The number of para-hydroxylation sites is 2. The highest BCUT2D eigenvalue weighted by molar-refractivity contribution is 6.07. The van der Waals surface area contributed by atoms with Crippen molar-refractivity contribution in [3.05, 3.63) is 59.7 Å². The molecule has 2 aromatic rings. The van der Waals surface area contributed by atoms with Crippen LogP contribution in [0.3, 0.4) is 0 Å². The molecule has 0 fully saturated rings. The summed E-state index contributed by atoms with van der Waals surface area (Å²) in [5.41, 5.74) is 0.301. The summed E-state index contributed by atoms with van der Waals surface area (Å²) in [5, 5.41) is 0. The molecule has 0 aromatic heterocycles. The standard InChI is InChI=1S/C16H13F2NO2/c17-12-6-3-5-11(15(12)18)16(20)19-9-4-10-21-14-8-2-1-7-13(14)19/h1-3,5-8H,4,9-10H2. The summed E-state index contributed by atoms with van der Waals surface area (Å²) < 4.78 is 32.7. The fourth-order valence-electron chi connectivity index (χ4n) is 2.35. The first kappa shape index (κ1) is 13.5. The summed E-state index contributed by atoms with van der Waals surface area (Å²) in [5.74, 6) is -2.14. The molecule has 3 nitrogen and oxygen atoms in total. The average Bonchev–Trinajstić information content (AvgIpc) is 2.72. The molecule has 0 radical (unpaired) electrons. The van der Waals surface area contributed by atoms with E-state index in [-0.39, 0.29) is 5.56 Å². The first-order valence-electron chi connectivity index (χ1n) is 6.66. The third-order valence-corrected chi connectivity index (χ3v) is 3.37. The Kier molecular flexibility index (Phi) is 3.56. The maximum atomic E-state index is 13.8. The number of ether oxygens (including phenoxy) is 1. The quantitative estimate of drug-likeness (QED) is 0.805. The summed E-state index contributed by atoms with van der Waals surface area (Å²) in [7, 11) is 0. The van der Waals surface area contributed by atoms with Crippen molar-refractivity contribution in [1.29, 1.82) is 0 Å². The number of carbonyl (C=O) groups is 1. The lowest BCUT2D eigenvalue weighted by atomic mass is 10.1. The van der Waals surface area contributed by atoms with Crippen molar-refractivity contribution in [2.75, 3.05) is 18.1 Å². The van der Waals surface area contributed by atoms with Crippen molar-refractivity contribution in [3.8, 4) is 5.75 Å². The van der Waals surface area contributed by atoms with E-state index in [9.17, 15) is 13.6 Å². The molecule has 1 aliphatic heterocycles. The van der Waals surface area contributed by atoms with E-state index in [4.69, 9.17) is 4.74 Å². The molecule has 0 unspecified atom stereocenters. The number of rotatable bonds is 1. The predicted molar refractivity (Wildman–Crippen MR) is 74.6 cm³/mol. The van der Waals surface area contributed by atoms with Crippen molar-refractivity contribution < 1.29 is 18.3 Å². The van der Waals surface area contributed by atoms with Crippen LogP contribution in [0.4, 0.5) is 14.5 Å². The number of carbonyl (C=O) groups excluding carboxylic acids is 1. The molecule has 1 aliphatic rings. The van der Waals surface area contributed by atoms with Gasteiger partial charge in [-0.05, 0) is 30.7 Å². The fraction of sp³-hybridized carbons (Fsp3) is 0.188. The van der Waals surface area contributed by atoms with Gasteiger partial charge in [0.2, 0.25) is 0 Å². The van der Waals surface area contributed by atoms with E-state index in [1.807, 2.05) is 0 Å². The van der Waals surface area contributed by atoms with Gasteiger partial charge in [0.25, 0.3) is 5.91 Å². The van der Waals surface area contributed by atoms with E-state index >= 15 is 0 Å². The minimum Gasteiger partial charge on any atom is -0.491 e. The molecule has 1 amide bonds. The van der Waals surface area contributed by atoms with Crippen LogP contribution in [0.1, 0.15) is 16.8 Å². The van der Waals surface area contributed by atoms with Crippen molar-refractivity contribution in [2.24, 2.45) is 0 Å². The number of amides is 1. The van der Waals surface area contributed by atoms with E-state index < -0.39 is 17.5 Å². The van der Waals surface area contributed by atoms with Crippen LogP contribution in [-0.4, -0.2) is 19.1 Å². The second kappa shape index (κ2) is 5.52. The van der Waals surface area contributed by atoms with Gasteiger partial charge >= 0.3 is 0 Å². The summed E-state index contributed by atoms with van der Waals surface area (Å²) in [6.45, 7) is 0.873. The van der Waals surface area contributed by atoms with Crippen molar-refractivity contribution in [3.63, 3.8) is 0 Å². The van der Waals surface area contributed by atoms with Crippen molar-refractivity contribution >= 4 is 11.6 Å². The number of benzene rings is 2. The Balaban J connectivity index is 2.03. The number of nitrogens with zero attached hydrogens (tertiary/aromatic N) is 1. The molecule has 0 saturated heterocycles. The molecule has 2 aromatic carbocycles. The highest BCUT2D eigenvalue weighted by Crippen LogP contribution is 2.31. The highest BCUT2D eigenvalue weighted by Gasteiger charge is 2.25. The van der Waals surface area contributed by atoms with E-state index in [0.717, 1.165) is 6.07 Å². The summed E-state index contributed by atoms with van der Waals surface area (Å²) in [6, 6.07) is 10.7. The van der Waals surface area contributed by atoms with Crippen LogP contribution < -0.4 is 9.64 Å². The molecule has 0 N–H and O–H groups in total. The zero-order valence-electron chi connectivity index (χ0n) is 11.2. The average molecular weight is 289 g/mol. The number of halogens is 2. The predicted octanol–water partition coefficient (Wildman–Crippen LogP) is 3.39. The normalized spacial score (nSPS) is 14.1. The lowest BCUT2D eigenvalue weighted by molar-refractivity contribution is 0.0982. The van der Waals surface area contributed by atoms with Gasteiger partial charge < -0.3 is 9.64 Å². The molecule has 1 heterocycles. The van der Waals surface area contributed by atoms with E-state index in [1.54, 1.807) is 24.3 Å². The van der Waals surface area contributed by atoms with E-state index in [0.29, 0.717) is 31.0 Å². The molecule has 108 valence electrons. The Labute approximate surface area is 120 Å². The number of hydrogen-bond donors (Lipinski definition) is 0. The fourth-order valence-corrected chi connectivity index (χ4v) is 2.35. The Hall–Kier alpha value is -2.43. The molecule has 0 bridgehead atoms. The molecule has 3 rings (SSSR count). The topological polar surface area (TPSA) is 29.5 Å². The molecule has 21 heavy (non-hydrogen) atoms. The number of hydrogen-bond acceptors (Lipinski definition) is 2. The molecule has 0 spiro atoms. The van der Waals surface area contributed by atoms with Gasteiger partial charge in [-0.2, -0.15) is 0 Å². The van der Waals surface area contributed by atoms with Crippen LogP contribution in [0.15, 0.2) is 42.5 Å². The molecule has 0 atom stereocenters. The van der Waals surface area contributed by atoms with Gasteiger partial charge in [0.1, 0.15) is 5.75 Å². The minimum absolute atomic E-state index is 0.272. The van der Waals surface area contributed by atoms with Crippen LogP contribution in [-0.2, 0) is 0 Å². The Morgan fingerprint density at radius 3 is 2.76 bits per heavy atom. The SMILES string of the molecule is O=C(c1cccc(F)c1F)N1CCCOc2ccccc21. The summed E-state index contributed by atoms with van der Waals surface area (Å²) in [6.07, 6.45) is 0.622. The largest absolute Gasteiger partial charge is 0.491 e. The molecule has 5 heteroatoms. The van der Waals surface area contributed by atoms with Gasteiger partial charge in [0.15, 0.2) is 11.6 Å². The van der Waals surface area contributed by atoms with Crippen molar-refractivity contribution in [1.82, 2.24) is 0 Å². The zero-order valence-corrected chi connectivity index (χ0v) is 11.2. The van der Waals surface area contributed by atoms with Crippen LogP contribution >= 0.6 is 0 Å². The van der Waals surface area contributed by atoms with E-state index in [1.165, 1.54) is 17.0 Å². The number of anilines is 1. The molecule has 0 saturated carbocycles. The van der Waals surface area contributed by atoms with Crippen LogP contribution in [0.5, 0.6) is 5.75 Å². The van der Waals surface area contributed by atoms with Gasteiger partial charge in [-0.3, -0.25) is 4.79 Å². The molecule has 0 aliphatic carbocycles. The third kappa shape index (κ3) is 2.46. The molecular formula is C16H13F2NO2. The van der Waals surface area contributed by atoms with Crippen LogP contribution in [0, 0.1) is 11.6 Å². The third-order valence-electron chi connectivity index (χ3n) is 3.37. The smallest absolute Gasteiger partial charge is 0.261 e. The van der Waals surface area contributed by atoms with Gasteiger partial charge in [-0.1, -0.05) is 18.2 Å². The van der Waals surface area contributed by atoms with Crippen LogP contribution in [0.2, 0.25) is 0 Å². The maximum Gasteiger partial charge on any atom is 0.261 e. The summed E-state index contributed by atoms with van der Waals surface area (Å²) in [4.78, 5) is 14.0. The Morgan fingerprint density at radius 2 is 1.90 bits per heavy atom. The van der Waals surface area contributed by atoms with Gasteiger partial charge in [-0.25, -0.2) is 8.78 Å². The van der Waals surface area contributed by atoms with Gasteiger partial charge in [0.05, 0.1) is 17.9 Å². The number of fused-ring (bicyclic) bond motifs is 1. The van der Waals surface area contributed by atoms with E-state index in [2.05, 4.69) is 0 Å². The molecular weight excluding hydrogens is 276 g/mol. The van der Waals surface area contributed by atoms with Crippen LogP contribution in [0.25, 0.3) is 0 Å². The first-order valence-corrected chi connectivity index (χ1v) is 6.66. The maximum absolute atomic E-state index is 13.8. The second-order valence-electron chi connectivity index (χ2n) is 4.73. The monoisotopic (exact) mass is 289 g/mol. The lowest BCUT2D eigenvalue weighted by Crippen LogP contribution is -2.32. The van der Waals surface area contributed by atoms with Gasteiger partial charge in [0, 0.05) is 6.54 Å². The summed E-state index contributed by atoms with van der Waals surface area (Å²) >= 11 is 0. The minimum atomic E-state index is -1.12.